The van der Waals surface area contributed by atoms with Gasteiger partial charge in [-0.1, -0.05) is 11.8 Å². The van der Waals surface area contributed by atoms with Gasteiger partial charge in [0.25, 0.3) is 11.9 Å². The van der Waals surface area contributed by atoms with E-state index in [9.17, 15) is 36.7 Å². The first kappa shape index (κ1) is 38.3. The minimum atomic E-state index is -1.83. The summed E-state index contributed by atoms with van der Waals surface area (Å²) in [5.41, 5.74) is -2.16. The molecule has 0 saturated carbocycles. The third-order valence-corrected chi connectivity index (χ3v) is 5.83. The molecule has 0 unspecified atom stereocenters. The lowest BCUT2D eigenvalue weighted by atomic mass is 10.1. The molecule has 2 atom stereocenters. The molecule has 0 radical (unpaired) electrons. The van der Waals surface area contributed by atoms with Gasteiger partial charge in [0.2, 0.25) is 11.8 Å². The van der Waals surface area contributed by atoms with Crippen LogP contribution in [0.4, 0.5) is 32.8 Å². The number of alkyl carbamates (subject to hydrolysis) is 2. The Morgan fingerprint density at radius 1 is 0.787 bits per heavy atom. The van der Waals surface area contributed by atoms with Gasteiger partial charge < -0.3 is 30.7 Å². The van der Waals surface area contributed by atoms with E-state index in [0.717, 1.165) is 0 Å². The summed E-state index contributed by atoms with van der Waals surface area (Å²) >= 11 is 0. The van der Waals surface area contributed by atoms with Crippen LogP contribution in [0.3, 0.4) is 0 Å². The van der Waals surface area contributed by atoms with Gasteiger partial charge in [-0.25, -0.2) is 18.4 Å². The number of carbonyl (C=O) groups excluding carboxylic acids is 4. The van der Waals surface area contributed by atoms with Gasteiger partial charge in [-0.2, -0.15) is 13.8 Å². The van der Waals surface area contributed by atoms with Crippen LogP contribution in [0.15, 0.2) is 24.3 Å². The van der Waals surface area contributed by atoms with Gasteiger partial charge in [-0.05, 0) is 92.0 Å². The zero-order valence-corrected chi connectivity index (χ0v) is 27.2. The zero-order chi connectivity index (χ0) is 35.5. The SMILES string of the molecule is C[C@H](NC(=O)OC(C)(C)C)C(=O)NCCCC[C@H](NC(=O)OC(C)(C)C)C(=O)Nc1ccc(C#Cc2c(F)c(F)nc(F)c2F)cc1. The van der Waals surface area contributed by atoms with Crippen molar-refractivity contribution in [3.05, 3.63) is 58.9 Å². The number of aromatic nitrogens is 1. The van der Waals surface area contributed by atoms with Crippen molar-refractivity contribution in [2.75, 3.05) is 11.9 Å². The second-order valence-corrected chi connectivity index (χ2v) is 12.4. The smallest absolute Gasteiger partial charge is 0.408 e. The van der Waals surface area contributed by atoms with Crippen molar-refractivity contribution in [2.45, 2.75) is 91.0 Å². The van der Waals surface area contributed by atoms with E-state index < -0.39 is 76.4 Å². The van der Waals surface area contributed by atoms with Gasteiger partial charge in [0.15, 0.2) is 11.6 Å². The number of rotatable bonds is 10. The summed E-state index contributed by atoms with van der Waals surface area (Å²) < 4.78 is 64.7. The molecule has 11 nitrogen and oxygen atoms in total. The first-order valence-electron chi connectivity index (χ1n) is 14.7. The van der Waals surface area contributed by atoms with Gasteiger partial charge in [0, 0.05) is 17.8 Å². The Bertz CT molecular complexity index is 1490. The van der Waals surface area contributed by atoms with Crippen LogP contribution in [0, 0.1) is 35.4 Å². The highest BCUT2D eigenvalue weighted by molar-refractivity contribution is 5.96. The zero-order valence-electron chi connectivity index (χ0n) is 27.2. The number of nitrogens with zero attached hydrogens (tertiary/aromatic N) is 1. The number of hydrogen-bond acceptors (Lipinski definition) is 7. The largest absolute Gasteiger partial charge is 0.444 e. The predicted octanol–water partition coefficient (Wildman–Crippen LogP) is 5.07. The lowest BCUT2D eigenvalue weighted by Crippen LogP contribution is -2.47. The summed E-state index contributed by atoms with van der Waals surface area (Å²) in [6, 6.07) is 3.76. The highest BCUT2D eigenvalue weighted by Gasteiger charge is 2.25. The summed E-state index contributed by atoms with van der Waals surface area (Å²) in [6.45, 7) is 11.8. The van der Waals surface area contributed by atoms with Crippen LogP contribution in [0.25, 0.3) is 0 Å². The van der Waals surface area contributed by atoms with Crippen molar-refractivity contribution in [3.8, 4) is 11.8 Å². The van der Waals surface area contributed by atoms with Crippen molar-refractivity contribution >= 4 is 29.7 Å². The van der Waals surface area contributed by atoms with Crippen LogP contribution in [0.1, 0.15) is 78.9 Å². The molecule has 4 N–H and O–H groups in total. The Kier molecular flexibility index (Phi) is 13.5. The van der Waals surface area contributed by atoms with Gasteiger partial charge in [-0.3, -0.25) is 9.59 Å². The van der Waals surface area contributed by atoms with Crippen LogP contribution in [-0.2, 0) is 19.1 Å². The molecule has 4 amide bonds. The Morgan fingerprint density at radius 3 is 1.85 bits per heavy atom. The summed E-state index contributed by atoms with van der Waals surface area (Å²) in [5.74, 6) is -3.69. The summed E-state index contributed by atoms with van der Waals surface area (Å²) in [4.78, 5) is 52.3. The third kappa shape index (κ3) is 13.6. The molecule has 2 aromatic rings. The van der Waals surface area contributed by atoms with Crippen molar-refractivity contribution < 1.29 is 46.2 Å². The molecule has 0 aliphatic rings. The van der Waals surface area contributed by atoms with E-state index in [1.54, 1.807) is 41.5 Å². The molecule has 15 heteroatoms. The Labute approximate surface area is 270 Å². The summed E-state index contributed by atoms with van der Waals surface area (Å²) in [6.07, 6.45) is -0.535. The minimum Gasteiger partial charge on any atom is -0.444 e. The van der Waals surface area contributed by atoms with E-state index in [4.69, 9.17) is 9.47 Å². The molecule has 1 aromatic heterocycles. The van der Waals surface area contributed by atoms with Crippen LogP contribution >= 0.6 is 0 Å². The third-order valence-electron chi connectivity index (χ3n) is 5.83. The van der Waals surface area contributed by atoms with Crippen molar-refractivity contribution in [1.29, 1.82) is 0 Å². The molecule has 0 aliphatic carbocycles. The summed E-state index contributed by atoms with van der Waals surface area (Å²) in [7, 11) is 0. The average Bonchev–Trinajstić information content (AvgIpc) is 2.94. The molecule has 1 aromatic carbocycles. The molecule has 47 heavy (non-hydrogen) atoms. The second kappa shape index (κ2) is 16.6. The molecule has 0 spiro atoms. The molecule has 0 fully saturated rings. The first-order chi connectivity index (χ1) is 21.8. The number of unbranched alkanes of at least 4 members (excludes halogenated alkanes) is 1. The fraction of sp³-hybridized carbons (Fsp3) is 0.469. The fourth-order valence-electron chi connectivity index (χ4n) is 3.70. The number of benzene rings is 1. The van der Waals surface area contributed by atoms with Gasteiger partial charge in [0.05, 0.1) is 0 Å². The van der Waals surface area contributed by atoms with Gasteiger partial charge in [-0.15, -0.1) is 0 Å². The lowest BCUT2D eigenvalue weighted by molar-refractivity contribution is -0.123. The standard InChI is InChI=1S/C32H39F4N5O6/c1-18(38-29(44)46-31(2,3)4)27(42)37-17-9-8-10-22(40-30(45)47-32(5,6)7)28(43)39-20-14-11-19(12-15-20)13-16-21-23(33)25(35)41-26(36)24(21)34/h11-12,14-15,18,22H,8-10,17H2,1-7H3,(H,37,42)(H,38,44)(H,39,43)(H,40,45)/t18-,22-/m0/s1. The highest BCUT2D eigenvalue weighted by atomic mass is 19.2. The predicted molar refractivity (Wildman–Crippen MR) is 164 cm³/mol. The van der Waals surface area contributed by atoms with Crippen LogP contribution in [0.2, 0.25) is 0 Å². The van der Waals surface area contributed by atoms with Crippen LogP contribution < -0.4 is 21.3 Å². The summed E-state index contributed by atoms with van der Waals surface area (Å²) in [5, 5.41) is 10.3. The Morgan fingerprint density at radius 2 is 1.32 bits per heavy atom. The molecule has 0 bridgehead atoms. The number of carbonyl (C=O) groups is 4. The minimum absolute atomic E-state index is 0.173. The normalized spacial score (nSPS) is 12.5. The van der Waals surface area contributed by atoms with Crippen LogP contribution in [0.5, 0.6) is 0 Å². The van der Waals surface area contributed by atoms with Gasteiger partial charge >= 0.3 is 12.2 Å². The topological polar surface area (TPSA) is 148 Å². The van der Waals surface area contributed by atoms with Gasteiger partial charge in [0.1, 0.15) is 28.8 Å². The highest BCUT2D eigenvalue weighted by Crippen LogP contribution is 2.17. The number of amides is 4. The molecule has 256 valence electrons. The number of anilines is 1. The van der Waals surface area contributed by atoms with E-state index >= 15 is 0 Å². The molecule has 0 aliphatic heterocycles. The monoisotopic (exact) mass is 665 g/mol. The Balaban J connectivity index is 2.00. The number of hydrogen-bond donors (Lipinski definition) is 4. The maximum Gasteiger partial charge on any atom is 0.408 e. The Hall–Kier alpha value is -4.87. The fourth-order valence-corrected chi connectivity index (χ4v) is 3.70. The number of pyridine rings is 1. The molecule has 2 rings (SSSR count). The van der Waals surface area contributed by atoms with E-state index in [1.807, 2.05) is 5.92 Å². The lowest BCUT2D eigenvalue weighted by Gasteiger charge is -2.23. The van der Waals surface area contributed by atoms with Crippen molar-refractivity contribution in [3.63, 3.8) is 0 Å². The average molecular weight is 666 g/mol. The van der Waals surface area contributed by atoms with E-state index in [0.29, 0.717) is 12.8 Å². The van der Waals surface area contributed by atoms with E-state index in [2.05, 4.69) is 32.2 Å². The molecule has 1 heterocycles. The second-order valence-electron chi connectivity index (χ2n) is 12.4. The first-order valence-corrected chi connectivity index (χ1v) is 14.7. The molecular weight excluding hydrogens is 626 g/mol. The van der Waals surface area contributed by atoms with Crippen molar-refractivity contribution in [1.82, 2.24) is 20.9 Å². The quantitative estimate of drug-likeness (QED) is 0.120. The van der Waals surface area contributed by atoms with Crippen LogP contribution in [-0.4, -0.2) is 58.8 Å². The number of ether oxygens (including phenoxy) is 2. The maximum atomic E-state index is 13.8. The number of halogens is 4. The van der Waals surface area contributed by atoms with Crippen molar-refractivity contribution in [2.24, 2.45) is 0 Å². The van der Waals surface area contributed by atoms with E-state index in [1.165, 1.54) is 31.2 Å². The molecular formula is C32H39F4N5O6. The van der Waals surface area contributed by atoms with E-state index in [-0.39, 0.29) is 24.2 Å². The maximum absolute atomic E-state index is 13.8. The molecule has 0 saturated heterocycles. The number of nitrogens with one attached hydrogen (secondary N) is 4.